The average molecular weight is 460 g/mol. The predicted octanol–water partition coefficient (Wildman–Crippen LogP) is 0.600. The number of benzene rings is 1. The molecule has 14 heteroatoms. The molecule has 0 unspecified atom stereocenters. The van der Waals surface area contributed by atoms with E-state index in [0.29, 0.717) is 10.6 Å². The van der Waals surface area contributed by atoms with Crippen molar-refractivity contribution >= 4 is 55.9 Å². The molecule has 4 N–H and O–H groups in total. The van der Waals surface area contributed by atoms with Crippen molar-refractivity contribution in [2.75, 3.05) is 12.8 Å². The molecular formula is C15H14ClN5O6S2. The molecule has 1 aromatic heterocycles. The van der Waals surface area contributed by atoms with E-state index >= 15 is 0 Å². The molecule has 0 spiro atoms. The van der Waals surface area contributed by atoms with Gasteiger partial charge in [0.1, 0.15) is 24.9 Å². The first-order chi connectivity index (χ1) is 13.6. The van der Waals surface area contributed by atoms with E-state index in [1.807, 2.05) is 0 Å². The number of rotatable bonds is 6. The summed E-state index contributed by atoms with van der Waals surface area (Å²) in [4.78, 5) is 33.6. The van der Waals surface area contributed by atoms with Gasteiger partial charge in [-0.1, -0.05) is 28.9 Å². The molecule has 0 aliphatic carbocycles. The zero-order valence-electron chi connectivity index (χ0n) is 14.6. The zero-order valence-corrected chi connectivity index (χ0v) is 17.0. The summed E-state index contributed by atoms with van der Waals surface area (Å²) in [7, 11) is -3.64. The number of hydrogen-bond donors (Lipinski definition) is 3. The van der Waals surface area contributed by atoms with Crippen LogP contribution in [-0.4, -0.2) is 52.9 Å². The second-order valence-electron chi connectivity index (χ2n) is 5.75. The summed E-state index contributed by atoms with van der Waals surface area (Å²) < 4.78 is 32.9. The molecule has 0 bridgehead atoms. The first-order valence-electron chi connectivity index (χ1n) is 7.83. The Bertz CT molecular complexity index is 1080. The number of anilines is 1. The van der Waals surface area contributed by atoms with Crippen LogP contribution in [0.1, 0.15) is 17.3 Å². The summed E-state index contributed by atoms with van der Waals surface area (Å²) >= 11 is 6.90. The van der Waals surface area contributed by atoms with Crippen LogP contribution in [0.15, 0.2) is 34.8 Å². The number of halogens is 1. The molecule has 1 aliphatic rings. The van der Waals surface area contributed by atoms with Crippen molar-refractivity contribution in [3.05, 3.63) is 45.9 Å². The lowest BCUT2D eigenvalue weighted by molar-refractivity contribution is -0.145. The van der Waals surface area contributed by atoms with Gasteiger partial charge in [-0.3, -0.25) is 14.1 Å². The fourth-order valence-electron chi connectivity index (χ4n) is 2.75. The van der Waals surface area contributed by atoms with Gasteiger partial charge >= 0.3 is 10.3 Å². The number of carbonyl (C=O) groups excluding carboxylic acids is 2. The maximum absolute atomic E-state index is 12.7. The summed E-state index contributed by atoms with van der Waals surface area (Å²) in [6.07, 6.45) is 0. The fraction of sp³-hybridized carbons (Fsp3) is 0.200. The second-order valence-corrected chi connectivity index (χ2v) is 8.37. The molecule has 154 valence electrons. The largest absolute Gasteiger partial charge is 0.398 e. The lowest BCUT2D eigenvalue weighted by Crippen LogP contribution is -2.67. The maximum Gasteiger partial charge on any atom is 0.362 e. The smallest absolute Gasteiger partial charge is 0.362 e. The van der Waals surface area contributed by atoms with Gasteiger partial charge in [0.2, 0.25) is 0 Å². The van der Waals surface area contributed by atoms with Crippen LogP contribution in [0, 0.1) is 0 Å². The van der Waals surface area contributed by atoms with E-state index in [-0.39, 0.29) is 20.8 Å². The number of thiazole rings is 1. The lowest BCUT2D eigenvalue weighted by Gasteiger charge is -2.44. The summed E-state index contributed by atoms with van der Waals surface area (Å²) in [6, 6.07) is 3.45. The molecule has 1 fully saturated rings. The number of hydrogen-bond acceptors (Lipinski definition) is 9. The quantitative estimate of drug-likeness (QED) is 0.244. The number of amides is 2. The molecule has 1 aliphatic heterocycles. The Kier molecular flexibility index (Phi) is 5.75. The number of nitrogens with one attached hydrogen (secondary N) is 1. The van der Waals surface area contributed by atoms with Gasteiger partial charge in [-0.2, -0.15) is 8.42 Å². The van der Waals surface area contributed by atoms with Gasteiger partial charge < -0.3 is 15.9 Å². The van der Waals surface area contributed by atoms with Crippen LogP contribution in [0.2, 0.25) is 5.02 Å². The van der Waals surface area contributed by atoms with Gasteiger partial charge in [0, 0.05) is 10.4 Å². The Morgan fingerprint density at radius 2 is 2.07 bits per heavy atom. The molecule has 2 atom stereocenters. The molecule has 3 rings (SSSR count). The fourth-order valence-corrected chi connectivity index (χ4v) is 4.30. The number of nitrogen functional groups attached to an aromatic ring is 1. The third-order valence-corrected chi connectivity index (χ3v) is 5.79. The maximum atomic E-state index is 12.7. The molecule has 11 nitrogen and oxygen atoms in total. The summed E-state index contributed by atoms with van der Waals surface area (Å²) in [5.41, 5.74) is 5.76. The Labute approximate surface area is 174 Å². The highest BCUT2D eigenvalue weighted by Crippen LogP contribution is 2.37. The van der Waals surface area contributed by atoms with Crippen molar-refractivity contribution < 1.29 is 27.4 Å². The van der Waals surface area contributed by atoms with Crippen molar-refractivity contribution in [3.63, 3.8) is 0 Å². The summed E-state index contributed by atoms with van der Waals surface area (Å²) in [5, 5.41) is 8.04. The normalized spacial score (nSPS) is 19.6. The number of nitrogens with zero attached hydrogens (tertiary/aromatic N) is 3. The van der Waals surface area contributed by atoms with Crippen LogP contribution >= 0.6 is 22.9 Å². The molecule has 2 heterocycles. The van der Waals surface area contributed by atoms with Gasteiger partial charge in [0.15, 0.2) is 10.8 Å². The van der Waals surface area contributed by atoms with Gasteiger partial charge in [0.25, 0.3) is 11.8 Å². The first-order valence-corrected chi connectivity index (χ1v) is 10.5. The van der Waals surface area contributed by atoms with E-state index in [9.17, 15) is 22.6 Å². The summed E-state index contributed by atoms with van der Waals surface area (Å²) in [5.74, 6) is -1.86. The molecule has 29 heavy (non-hydrogen) atoms. The SMILES string of the molecule is CON=C(C(=O)N[C@@H]1C(=O)N(S(=O)(=O)O)[C@@H]1c1ccc(Cl)cc1)c1csc(N)n1. The Morgan fingerprint density at radius 1 is 1.41 bits per heavy atom. The monoisotopic (exact) mass is 459 g/mol. The minimum Gasteiger partial charge on any atom is -0.398 e. The van der Waals surface area contributed by atoms with Crippen LogP contribution in [-0.2, 0) is 24.7 Å². The van der Waals surface area contributed by atoms with Crippen molar-refractivity contribution in [2.45, 2.75) is 12.1 Å². The zero-order chi connectivity index (χ0) is 21.3. The average Bonchev–Trinajstić information content (AvgIpc) is 3.07. The van der Waals surface area contributed by atoms with Crippen LogP contribution < -0.4 is 11.1 Å². The van der Waals surface area contributed by atoms with E-state index in [4.69, 9.17) is 17.3 Å². The molecular weight excluding hydrogens is 446 g/mol. The van der Waals surface area contributed by atoms with Crippen molar-refractivity contribution in [3.8, 4) is 0 Å². The third kappa shape index (κ3) is 4.17. The van der Waals surface area contributed by atoms with E-state index < -0.39 is 34.2 Å². The minimum atomic E-state index is -4.85. The number of β-lactam (4-membered cyclic amide) rings is 1. The van der Waals surface area contributed by atoms with Crippen molar-refractivity contribution in [1.29, 1.82) is 0 Å². The van der Waals surface area contributed by atoms with Gasteiger partial charge in [-0.05, 0) is 17.7 Å². The van der Waals surface area contributed by atoms with Gasteiger partial charge in [-0.15, -0.1) is 11.3 Å². The van der Waals surface area contributed by atoms with Gasteiger partial charge in [-0.25, -0.2) is 9.29 Å². The number of nitrogens with two attached hydrogens (primary N) is 1. The van der Waals surface area contributed by atoms with Crippen LogP contribution in [0.25, 0.3) is 0 Å². The second kappa shape index (κ2) is 7.94. The highest BCUT2D eigenvalue weighted by Gasteiger charge is 2.55. The highest BCUT2D eigenvalue weighted by atomic mass is 35.5. The topological polar surface area (TPSA) is 164 Å². The Balaban J connectivity index is 1.91. The van der Waals surface area contributed by atoms with Crippen molar-refractivity contribution in [1.82, 2.24) is 14.6 Å². The first kappa shape index (κ1) is 21.0. The Hall–Kier alpha value is -2.74. The van der Waals surface area contributed by atoms with Gasteiger partial charge in [0.05, 0.1) is 0 Å². The predicted molar refractivity (Wildman–Crippen MR) is 105 cm³/mol. The molecule has 2 aromatic rings. The minimum absolute atomic E-state index is 0.119. The highest BCUT2D eigenvalue weighted by molar-refractivity contribution is 7.84. The van der Waals surface area contributed by atoms with Crippen LogP contribution in [0.3, 0.4) is 0 Å². The van der Waals surface area contributed by atoms with Crippen LogP contribution in [0.5, 0.6) is 0 Å². The number of aromatic nitrogens is 1. The van der Waals surface area contributed by atoms with E-state index in [2.05, 4.69) is 20.3 Å². The molecule has 1 saturated heterocycles. The standard InChI is InChI=1S/C15H14ClN5O6S2/c1-27-20-10(9-6-28-15(17)18-9)13(22)19-11-12(7-2-4-8(16)5-3-7)21(14(11)23)29(24,25)26/h2-6,11-12H,1H3,(H2,17,18)(H,19,22)(H,24,25,26)/t11-,12+/m0/s1. The number of carbonyl (C=O) groups is 2. The molecule has 0 radical (unpaired) electrons. The van der Waals surface area contributed by atoms with E-state index in [0.717, 1.165) is 11.3 Å². The van der Waals surface area contributed by atoms with E-state index in [1.165, 1.54) is 36.8 Å². The molecule has 1 aromatic carbocycles. The third-order valence-electron chi connectivity index (χ3n) is 3.96. The number of oxime groups is 1. The molecule has 0 saturated carbocycles. The van der Waals surface area contributed by atoms with E-state index in [1.54, 1.807) is 0 Å². The lowest BCUT2D eigenvalue weighted by atomic mass is 9.91. The summed E-state index contributed by atoms with van der Waals surface area (Å²) in [6.45, 7) is 0. The molecule has 2 amide bonds. The van der Waals surface area contributed by atoms with Crippen molar-refractivity contribution in [2.24, 2.45) is 5.16 Å². The van der Waals surface area contributed by atoms with Crippen LogP contribution in [0.4, 0.5) is 5.13 Å². The Morgan fingerprint density at radius 3 is 2.59 bits per heavy atom.